The Balaban J connectivity index is 1.90. The second-order valence-electron chi connectivity index (χ2n) is 3.74. The highest BCUT2D eigenvalue weighted by Gasteiger charge is 2.26. The number of aromatic amines is 1. The molecule has 2 N–H and O–H groups in total. The first-order chi connectivity index (χ1) is 7.70. The number of rotatable bonds is 4. The first-order valence-electron chi connectivity index (χ1n) is 5.11. The average Bonchev–Trinajstić information content (AvgIpc) is 3.03. The molecule has 1 aliphatic carbocycles. The molecule has 0 atom stereocenters. The fourth-order valence-electron chi connectivity index (χ4n) is 1.37. The number of hydrogen-bond acceptors (Lipinski definition) is 4. The van der Waals surface area contributed by atoms with Crippen molar-refractivity contribution >= 4 is 11.9 Å². The summed E-state index contributed by atoms with van der Waals surface area (Å²) in [5.41, 5.74) is 1.30. The van der Waals surface area contributed by atoms with Crippen LogP contribution in [0.3, 0.4) is 0 Å². The molecule has 0 bridgehead atoms. The minimum absolute atomic E-state index is 0.138. The van der Waals surface area contributed by atoms with E-state index in [-0.39, 0.29) is 12.5 Å². The van der Waals surface area contributed by atoms with Crippen LogP contribution in [-0.2, 0) is 9.53 Å². The second-order valence-corrected chi connectivity index (χ2v) is 3.74. The van der Waals surface area contributed by atoms with Gasteiger partial charge in [0.2, 0.25) is 0 Å². The maximum atomic E-state index is 11.5. The Bertz CT molecular complexity index is 409. The van der Waals surface area contributed by atoms with Crippen molar-refractivity contribution in [1.29, 1.82) is 0 Å². The van der Waals surface area contributed by atoms with Gasteiger partial charge < -0.3 is 10.1 Å². The molecule has 1 aromatic heterocycles. The average molecular weight is 223 g/mol. The zero-order chi connectivity index (χ0) is 11.5. The third-order valence-electron chi connectivity index (χ3n) is 2.47. The molecule has 0 unspecified atom stereocenters. The molecule has 2 rings (SSSR count). The van der Waals surface area contributed by atoms with Crippen LogP contribution in [0, 0.1) is 0 Å². The Hall–Kier alpha value is -1.85. The largest absolute Gasteiger partial charge is 0.468 e. The molecule has 0 radical (unpaired) electrons. The Morgan fingerprint density at radius 2 is 2.38 bits per heavy atom. The maximum absolute atomic E-state index is 11.5. The zero-order valence-corrected chi connectivity index (χ0v) is 8.95. The van der Waals surface area contributed by atoms with E-state index >= 15 is 0 Å². The van der Waals surface area contributed by atoms with E-state index in [2.05, 4.69) is 20.3 Å². The van der Waals surface area contributed by atoms with Crippen LogP contribution < -0.4 is 5.32 Å². The zero-order valence-electron chi connectivity index (χ0n) is 8.95. The van der Waals surface area contributed by atoms with E-state index in [1.807, 2.05) is 0 Å². The number of hydrogen-bond donors (Lipinski definition) is 2. The number of amides is 1. The monoisotopic (exact) mass is 223 g/mol. The SMILES string of the molecule is COC(=O)CNC(=O)c1cc(C2CC2)[nH]n1. The number of methoxy groups -OCH3 is 1. The molecule has 0 saturated heterocycles. The van der Waals surface area contributed by atoms with Crippen molar-refractivity contribution in [1.82, 2.24) is 15.5 Å². The summed E-state index contributed by atoms with van der Waals surface area (Å²) in [5, 5.41) is 9.14. The molecule has 1 aliphatic rings. The second kappa shape index (κ2) is 4.34. The minimum Gasteiger partial charge on any atom is -0.468 e. The number of nitrogens with zero attached hydrogens (tertiary/aromatic N) is 1. The molecular weight excluding hydrogens is 210 g/mol. The normalized spacial score (nSPS) is 14.6. The predicted molar refractivity (Wildman–Crippen MR) is 54.9 cm³/mol. The van der Waals surface area contributed by atoms with E-state index in [0.717, 1.165) is 18.5 Å². The van der Waals surface area contributed by atoms with E-state index < -0.39 is 5.97 Å². The Kier molecular flexibility index (Phi) is 2.89. The van der Waals surface area contributed by atoms with Gasteiger partial charge in [-0.25, -0.2) is 0 Å². The molecular formula is C10H13N3O3. The van der Waals surface area contributed by atoms with Crippen molar-refractivity contribution in [2.45, 2.75) is 18.8 Å². The number of ether oxygens (including phenoxy) is 1. The molecule has 6 heteroatoms. The third-order valence-corrected chi connectivity index (χ3v) is 2.47. The van der Waals surface area contributed by atoms with Gasteiger partial charge in [-0.2, -0.15) is 5.10 Å². The van der Waals surface area contributed by atoms with Gasteiger partial charge in [0.25, 0.3) is 5.91 Å². The van der Waals surface area contributed by atoms with Gasteiger partial charge in [-0.3, -0.25) is 14.7 Å². The van der Waals surface area contributed by atoms with Crippen LogP contribution in [0.15, 0.2) is 6.07 Å². The predicted octanol–water partition coefficient (Wildman–Crippen LogP) is 0.190. The lowest BCUT2D eigenvalue weighted by atomic mass is 10.2. The number of H-pyrrole nitrogens is 1. The first-order valence-corrected chi connectivity index (χ1v) is 5.11. The topological polar surface area (TPSA) is 84.1 Å². The van der Waals surface area contributed by atoms with Gasteiger partial charge in [-0.15, -0.1) is 0 Å². The Morgan fingerprint density at radius 1 is 1.62 bits per heavy atom. The molecule has 1 fully saturated rings. The van der Waals surface area contributed by atoms with E-state index in [1.54, 1.807) is 6.07 Å². The van der Waals surface area contributed by atoms with Crippen LogP contribution in [0.1, 0.15) is 34.9 Å². The molecule has 16 heavy (non-hydrogen) atoms. The van der Waals surface area contributed by atoms with Gasteiger partial charge in [0.1, 0.15) is 12.2 Å². The van der Waals surface area contributed by atoms with Gasteiger partial charge in [-0.1, -0.05) is 0 Å². The van der Waals surface area contributed by atoms with Gasteiger partial charge in [0, 0.05) is 11.6 Å². The van der Waals surface area contributed by atoms with Crippen molar-refractivity contribution < 1.29 is 14.3 Å². The quantitative estimate of drug-likeness (QED) is 0.714. The number of nitrogens with one attached hydrogen (secondary N) is 2. The Labute approximate surface area is 92.4 Å². The Morgan fingerprint density at radius 3 is 3.00 bits per heavy atom. The number of carbonyl (C=O) groups excluding carboxylic acids is 2. The summed E-state index contributed by atoms with van der Waals surface area (Å²) < 4.78 is 4.41. The first kappa shape index (κ1) is 10.7. The summed E-state index contributed by atoms with van der Waals surface area (Å²) >= 11 is 0. The molecule has 1 saturated carbocycles. The lowest BCUT2D eigenvalue weighted by molar-refractivity contribution is -0.139. The molecule has 1 aromatic rings. The standard InChI is InChI=1S/C10H13N3O3/c1-16-9(14)5-11-10(15)8-4-7(12-13-8)6-2-3-6/h4,6H,2-3,5H2,1H3,(H,11,15)(H,12,13). The molecule has 0 aromatic carbocycles. The van der Waals surface area contributed by atoms with Crippen molar-refractivity contribution in [2.75, 3.05) is 13.7 Å². The van der Waals surface area contributed by atoms with E-state index in [9.17, 15) is 9.59 Å². The van der Waals surface area contributed by atoms with E-state index in [1.165, 1.54) is 7.11 Å². The van der Waals surface area contributed by atoms with Gasteiger partial charge in [0.05, 0.1) is 7.11 Å². The molecule has 86 valence electrons. The van der Waals surface area contributed by atoms with E-state index in [0.29, 0.717) is 11.6 Å². The van der Waals surface area contributed by atoms with Crippen LogP contribution >= 0.6 is 0 Å². The van der Waals surface area contributed by atoms with Crippen molar-refractivity contribution in [2.24, 2.45) is 0 Å². The summed E-state index contributed by atoms with van der Waals surface area (Å²) in [4.78, 5) is 22.3. The summed E-state index contributed by atoms with van der Waals surface area (Å²) in [6.45, 7) is -0.138. The lowest BCUT2D eigenvalue weighted by Crippen LogP contribution is -2.30. The highest BCUT2D eigenvalue weighted by molar-refractivity contribution is 5.94. The fraction of sp³-hybridized carbons (Fsp3) is 0.500. The molecule has 1 amide bonds. The van der Waals surface area contributed by atoms with E-state index in [4.69, 9.17) is 0 Å². The summed E-state index contributed by atoms with van der Waals surface area (Å²) in [6.07, 6.45) is 2.29. The number of aromatic nitrogens is 2. The number of carbonyl (C=O) groups is 2. The summed E-state index contributed by atoms with van der Waals surface area (Å²) in [5.74, 6) is -0.325. The van der Waals surface area contributed by atoms with Gasteiger partial charge in [-0.05, 0) is 18.9 Å². The highest BCUT2D eigenvalue weighted by atomic mass is 16.5. The van der Waals surface area contributed by atoms with Gasteiger partial charge >= 0.3 is 5.97 Å². The molecule has 0 aliphatic heterocycles. The smallest absolute Gasteiger partial charge is 0.325 e. The molecule has 1 heterocycles. The van der Waals surface area contributed by atoms with Crippen LogP contribution in [0.5, 0.6) is 0 Å². The highest BCUT2D eigenvalue weighted by Crippen LogP contribution is 2.38. The molecule has 6 nitrogen and oxygen atoms in total. The van der Waals surface area contributed by atoms with Gasteiger partial charge in [0.15, 0.2) is 0 Å². The lowest BCUT2D eigenvalue weighted by Gasteiger charge is -2.00. The third kappa shape index (κ3) is 2.39. The minimum atomic E-state index is -0.480. The van der Waals surface area contributed by atoms with Crippen molar-refractivity contribution in [3.05, 3.63) is 17.5 Å². The van der Waals surface area contributed by atoms with Crippen LogP contribution in [0.4, 0.5) is 0 Å². The molecule has 0 spiro atoms. The van der Waals surface area contributed by atoms with Crippen LogP contribution in [0.25, 0.3) is 0 Å². The van der Waals surface area contributed by atoms with Crippen molar-refractivity contribution in [3.63, 3.8) is 0 Å². The fourth-order valence-corrected chi connectivity index (χ4v) is 1.37. The van der Waals surface area contributed by atoms with Crippen LogP contribution in [-0.4, -0.2) is 35.7 Å². The number of esters is 1. The van der Waals surface area contributed by atoms with Crippen LogP contribution in [0.2, 0.25) is 0 Å². The summed E-state index contributed by atoms with van der Waals surface area (Å²) in [7, 11) is 1.27. The summed E-state index contributed by atoms with van der Waals surface area (Å²) in [6, 6.07) is 1.73. The maximum Gasteiger partial charge on any atom is 0.325 e. The van der Waals surface area contributed by atoms with Crippen molar-refractivity contribution in [3.8, 4) is 0 Å².